The Morgan fingerprint density at radius 3 is 2.95 bits per heavy atom. The van der Waals surface area contributed by atoms with Crippen molar-refractivity contribution in [2.24, 2.45) is 0 Å². The Morgan fingerprint density at radius 2 is 2.26 bits per heavy atom. The summed E-state index contributed by atoms with van der Waals surface area (Å²) in [5.74, 6) is -0.331. The highest BCUT2D eigenvalue weighted by Crippen LogP contribution is 2.21. The van der Waals surface area contributed by atoms with Gasteiger partial charge in [-0.25, -0.2) is 9.78 Å². The first kappa shape index (κ1) is 13.8. The monoisotopic (exact) mass is 296 g/mol. The van der Waals surface area contributed by atoms with Gasteiger partial charge in [-0.2, -0.15) is 0 Å². The van der Waals surface area contributed by atoms with Crippen molar-refractivity contribution in [1.29, 1.82) is 0 Å². The summed E-state index contributed by atoms with van der Waals surface area (Å²) in [6.45, 7) is 2.66. The molecule has 0 unspecified atom stereocenters. The second-order valence-corrected chi connectivity index (χ2v) is 5.42. The largest absolute Gasteiger partial charge is 0.462 e. The highest BCUT2D eigenvalue weighted by Gasteiger charge is 2.11. The average molecular weight is 297 g/mol. The predicted octanol–water partition coefficient (Wildman–Crippen LogP) is 3.59. The summed E-state index contributed by atoms with van der Waals surface area (Å²) >= 11 is 7.23. The predicted molar refractivity (Wildman–Crippen MR) is 76.8 cm³/mol. The molecular weight excluding hydrogens is 284 g/mol. The Labute approximate surface area is 120 Å². The number of esters is 1. The smallest absolute Gasteiger partial charge is 0.340 e. The summed E-state index contributed by atoms with van der Waals surface area (Å²) in [5, 5.41) is 4.04. The SMILES string of the molecule is CCOC(=O)c1ccccc1NCc1ncc(Cl)s1. The van der Waals surface area contributed by atoms with E-state index < -0.39 is 0 Å². The average Bonchev–Trinajstić information content (AvgIpc) is 2.83. The molecule has 0 bridgehead atoms. The second kappa shape index (κ2) is 6.54. The first-order valence-corrected chi connectivity index (χ1v) is 7.00. The van der Waals surface area contributed by atoms with Gasteiger partial charge in [-0.15, -0.1) is 11.3 Å². The highest BCUT2D eigenvalue weighted by atomic mass is 35.5. The molecular formula is C13H13ClN2O2S. The molecule has 100 valence electrons. The summed E-state index contributed by atoms with van der Waals surface area (Å²) in [6.07, 6.45) is 1.61. The Kier molecular flexibility index (Phi) is 4.76. The minimum absolute atomic E-state index is 0.331. The lowest BCUT2D eigenvalue weighted by molar-refractivity contribution is 0.0527. The Balaban J connectivity index is 2.09. The number of carbonyl (C=O) groups excluding carboxylic acids is 1. The van der Waals surface area contributed by atoms with Crippen molar-refractivity contribution in [3.05, 3.63) is 45.4 Å². The minimum atomic E-state index is -0.331. The molecule has 0 saturated heterocycles. The standard InChI is InChI=1S/C13H13ClN2O2S/c1-2-18-13(17)9-5-3-4-6-10(9)15-8-12-16-7-11(14)19-12/h3-7,15H,2,8H2,1H3. The molecule has 0 atom stereocenters. The van der Waals surface area contributed by atoms with Gasteiger partial charge >= 0.3 is 5.97 Å². The molecule has 1 N–H and O–H groups in total. The van der Waals surface area contributed by atoms with E-state index in [4.69, 9.17) is 16.3 Å². The third-order valence-electron chi connectivity index (χ3n) is 2.38. The summed E-state index contributed by atoms with van der Waals surface area (Å²) in [6, 6.07) is 7.23. The van der Waals surface area contributed by atoms with Gasteiger partial charge in [-0.1, -0.05) is 23.7 Å². The van der Waals surface area contributed by atoms with Gasteiger partial charge < -0.3 is 10.1 Å². The van der Waals surface area contributed by atoms with Crippen LogP contribution in [0.25, 0.3) is 0 Å². The van der Waals surface area contributed by atoms with Gasteiger partial charge in [-0.05, 0) is 19.1 Å². The van der Waals surface area contributed by atoms with E-state index in [0.717, 1.165) is 10.7 Å². The number of anilines is 1. The maximum atomic E-state index is 11.8. The van der Waals surface area contributed by atoms with Crippen LogP contribution in [0, 0.1) is 0 Å². The van der Waals surface area contributed by atoms with Crippen molar-refractivity contribution in [2.75, 3.05) is 11.9 Å². The molecule has 0 radical (unpaired) electrons. The first-order chi connectivity index (χ1) is 9.20. The van der Waals surface area contributed by atoms with Gasteiger partial charge in [0.25, 0.3) is 0 Å². The molecule has 4 nitrogen and oxygen atoms in total. The number of halogens is 1. The van der Waals surface area contributed by atoms with Crippen LogP contribution in [-0.2, 0) is 11.3 Å². The van der Waals surface area contributed by atoms with Crippen LogP contribution in [0.2, 0.25) is 4.34 Å². The van der Waals surface area contributed by atoms with E-state index in [1.807, 2.05) is 12.1 Å². The number of para-hydroxylation sites is 1. The van der Waals surface area contributed by atoms with Crippen molar-refractivity contribution < 1.29 is 9.53 Å². The summed E-state index contributed by atoms with van der Waals surface area (Å²) < 4.78 is 5.66. The third-order valence-corrected chi connectivity index (χ3v) is 3.49. The lowest BCUT2D eigenvalue weighted by Gasteiger charge is -2.09. The number of aromatic nitrogens is 1. The molecule has 0 aliphatic carbocycles. The van der Waals surface area contributed by atoms with Crippen LogP contribution in [0.4, 0.5) is 5.69 Å². The number of rotatable bonds is 5. The van der Waals surface area contributed by atoms with Crippen LogP contribution in [0.1, 0.15) is 22.3 Å². The molecule has 1 heterocycles. The second-order valence-electron chi connectivity index (χ2n) is 3.68. The zero-order valence-electron chi connectivity index (χ0n) is 10.4. The van der Waals surface area contributed by atoms with Gasteiger partial charge in [0.05, 0.1) is 24.9 Å². The fourth-order valence-electron chi connectivity index (χ4n) is 1.56. The molecule has 1 aromatic carbocycles. The zero-order valence-corrected chi connectivity index (χ0v) is 11.9. The fraction of sp³-hybridized carbons (Fsp3) is 0.231. The number of nitrogens with zero attached hydrogens (tertiary/aromatic N) is 1. The van der Waals surface area contributed by atoms with E-state index in [0.29, 0.717) is 23.1 Å². The van der Waals surface area contributed by atoms with Gasteiger partial charge in [-0.3, -0.25) is 0 Å². The number of carbonyl (C=O) groups is 1. The number of hydrogen-bond donors (Lipinski definition) is 1. The van der Waals surface area contributed by atoms with Crippen LogP contribution in [0.15, 0.2) is 30.5 Å². The van der Waals surface area contributed by atoms with Crippen LogP contribution in [-0.4, -0.2) is 17.6 Å². The molecule has 2 aromatic rings. The van der Waals surface area contributed by atoms with E-state index in [9.17, 15) is 4.79 Å². The van der Waals surface area contributed by atoms with Gasteiger partial charge in [0, 0.05) is 5.69 Å². The van der Waals surface area contributed by atoms with Crippen LogP contribution in [0.3, 0.4) is 0 Å². The summed E-state index contributed by atoms with van der Waals surface area (Å²) in [5.41, 5.74) is 1.25. The molecule has 0 aliphatic rings. The summed E-state index contributed by atoms with van der Waals surface area (Å²) in [4.78, 5) is 15.9. The van der Waals surface area contributed by atoms with E-state index in [1.54, 1.807) is 25.3 Å². The topological polar surface area (TPSA) is 51.2 Å². The van der Waals surface area contributed by atoms with Crippen molar-refractivity contribution >= 4 is 34.6 Å². The van der Waals surface area contributed by atoms with Crippen LogP contribution in [0.5, 0.6) is 0 Å². The molecule has 0 saturated carbocycles. The number of ether oxygens (including phenoxy) is 1. The number of nitrogens with one attached hydrogen (secondary N) is 1. The van der Waals surface area contributed by atoms with Crippen LogP contribution < -0.4 is 5.32 Å². The molecule has 0 aliphatic heterocycles. The highest BCUT2D eigenvalue weighted by molar-refractivity contribution is 7.15. The zero-order chi connectivity index (χ0) is 13.7. The number of benzene rings is 1. The van der Waals surface area contributed by atoms with Crippen molar-refractivity contribution in [3.8, 4) is 0 Å². The van der Waals surface area contributed by atoms with E-state index in [-0.39, 0.29) is 5.97 Å². The van der Waals surface area contributed by atoms with Crippen LogP contribution >= 0.6 is 22.9 Å². The first-order valence-electron chi connectivity index (χ1n) is 5.81. The maximum Gasteiger partial charge on any atom is 0.340 e. The fourth-order valence-corrected chi connectivity index (χ4v) is 2.46. The Morgan fingerprint density at radius 1 is 1.47 bits per heavy atom. The Bertz CT molecular complexity index is 571. The lowest BCUT2D eigenvalue weighted by Crippen LogP contribution is -2.09. The van der Waals surface area contributed by atoms with Crippen molar-refractivity contribution in [2.45, 2.75) is 13.5 Å². The van der Waals surface area contributed by atoms with Crippen molar-refractivity contribution in [3.63, 3.8) is 0 Å². The van der Waals surface area contributed by atoms with Gasteiger partial charge in [0.2, 0.25) is 0 Å². The molecule has 6 heteroatoms. The maximum absolute atomic E-state index is 11.8. The molecule has 2 rings (SSSR count). The van der Waals surface area contributed by atoms with Crippen molar-refractivity contribution in [1.82, 2.24) is 4.98 Å². The minimum Gasteiger partial charge on any atom is -0.462 e. The summed E-state index contributed by atoms with van der Waals surface area (Å²) in [7, 11) is 0. The quantitative estimate of drug-likeness (QED) is 0.857. The molecule has 1 aromatic heterocycles. The molecule has 0 spiro atoms. The number of hydrogen-bond acceptors (Lipinski definition) is 5. The lowest BCUT2D eigenvalue weighted by atomic mass is 10.2. The van der Waals surface area contributed by atoms with E-state index >= 15 is 0 Å². The van der Waals surface area contributed by atoms with E-state index in [2.05, 4.69) is 10.3 Å². The molecule has 0 amide bonds. The van der Waals surface area contributed by atoms with E-state index in [1.165, 1.54) is 11.3 Å². The normalized spacial score (nSPS) is 10.2. The number of thiazole rings is 1. The Hall–Kier alpha value is -1.59. The van der Waals surface area contributed by atoms with Gasteiger partial charge in [0.1, 0.15) is 9.34 Å². The molecule has 19 heavy (non-hydrogen) atoms. The molecule has 0 fully saturated rings. The van der Waals surface area contributed by atoms with Gasteiger partial charge in [0.15, 0.2) is 0 Å². The third kappa shape index (κ3) is 3.68.